The number of para-hydroxylation sites is 1. The van der Waals surface area contributed by atoms with E-state index >= 15 is 0 Å². The molecule has 1 aliphatic rings. The maximum absolute atomic E-state index is 13.3. The minimum atomic E-state index is -0.379. The highest BCUT2D eigenvalue weighted by Gasteiger charge is 2.25. The minimum Gasteiger partial charge on any atom is -0.383 e. The van der Waals surface area contributed by atoms with Crippen molar-refractivity contribution in [2.45, 2.75) is 6.92 Å². The number of carbonyl (C=O) groups excluding carboxylic acids is 2. The Bertz CT molecular complexity index is 1450. The van der Waals surface area contributed by atoms with E-state index < -0.39 is 0 Å². The van der Waals surface area contributed by atoms with Gasteiger partial charge in [0.15, 0.2) is 16.3 Å². The zero-order chi connectivity index (χ0) is 25.1. The Labute approximate surface area is 211 Å². The second kappa shape index (κ2) is 10.2. The minimum absolute atomic E-state index is 0.175. The van der Waals surface area contributed by atoms with Crippen molar-refractivity contribution in [3.63, 3.8) is 0 Å². The van der Waals surface area contributed by atoms with E-state index in [0.29, 0.717) is 41.7 Å². The zero-order valence-electron chi connectivity index (χ0n) is 19.6. The number of carbonyl (C=O) groups is 2. The summed E-state index contributed by atoms with van der Waals surface area (Å²) in [7, 11) is 0. The van der Waals surface area contributed by atoms with Crippen LogP contribution in [0.3, 0.4) is 0 Å². The molecule has 4 aromatic rings. The Kier molecular flexibility index (Phi) is 6.65. The van der Waals surface area contributed by atoms with Crippen LogP contribution in [-0.4, -0.2) is 57.6 Å². The summed E-state index contributed by atoms with van der Waals surface area (Å²) in [4.78, 5) is 40.6. The standard InChI is InChI=1S/C25H25N7O3S/c1-16-7-9-17(10-8-16)29-23(33)19-22(28-15-27-19)30-25-32(18-5-3-2-4-6-18)21(26)20(36-25)24(34)31-11-13-35-14-12-31/h2-10,15H,11-14,26H2,1H3,(H,27,28)(H,29,33)/b30-25-. The van der Waals surface area contributed by atoms with Gasteiger partial charge in [0.2, 0.25) is 0 Å². The lowest BCUT2D eigenvalue weighted by atomic mass is 10.2. The second-order valence-corrected chi connectivity index (χ2v) is 9.19. The Morgan fingerprint density at radius 1 is 1.11 bits per heavy atom. The van der Waals surface area contributed by atoms with E-state index in [4.69, 9.17) is 10.5 Å². The van der Waals surface area contributed by atoms with Crippen molar-refractivity contribution < 1.29 is 14.3 Å². The maximum atomic E-state index is 13.3. The third-order valence-electron chi connectivity index (χ3n) is 5.72. The van der Waals surface area contributed by atoms with Gasteiger partial charge in [0.1, 0.15) is 10.7 Å². The number of hydrogen-bond acceptors (Lipinski definition) is 7. The molecule has 4 N–H and O–H groups in total. The van der Waals surface area contributed by atoms with Crippen LogP contribution in [0.15, 0.2) is 65.9 Å². The van der Waals surface area contributed by atoms with Gasteiger partial charge in [-0.1, -0.05) is 47.2 Å². The average Bonchev–Trinajstić information content (AvgIpc) is 3.50. The van der Waals surface area contributed by atoms with Crippen molar-refractivity contribution in [3.8, 4) is 5.69 Å². The number of nitrogen functional groups attached to an aromatic ring is 1. The number of aromatic amines is 1. The molecule has 0 spiro atoms. The molecule has 3 heterocycles. The molecule has 0 unspecified atom stereocenters. The first kappa shape index (κ1) is 23.5. The number of aryl methyl sites for hydroxylation is 1. The van der Waals surface area contributed by atoms with Crippen LogP contribution in [0.2, 0.25) is 0 Å². The first-order chi connectivity index (χ1) is 17.5. The summed E-state index contributed by atoms with van der Waals surface area (Å²) in [6.45, 7) is 3.94. The molecule has 2 amide bonds. The first-order valence-electron chi connectivity index (χ1n) is 11.4. The summed E-state index contributed by atoms with van der Waals surface area (Å²) in [5.74, 6) is -0.0830. The van der Waals surface area contributed by atoms with Gasteiger partial charge in [-0.05, 0) is 31.2 Å². The number of ether oxygens (including phenoxy) is 1. The largest absolute Gasteiger partial charge is 0.383 e. The maximum Gasteiger partial charge on any atom is 0.276 e. The Hall–Kier alpha value is -4.22. The van der Waals surface area contributed by atoms with Crippen molar-refractivity contribution in [3.05, 3.63) is 81.9 Å². The number of anilines is 2. The molecule has 0 aliphatic carbocycles. The third-order valence-corrected chi connectivity index (χ3v) is 6.77. The molecule has 184 valence electrons. The predicted octanol–water partition coefficient (Wildman–Crippen LogP) is 3.11. The van der Waals surface area contributed by atoms with Gasteiger partial charge in [0.25, 0.3) is 11.8 Å². The molecular weight excluding hydrogens is 478 g/mol. The van der Waals surface area contributed by atoms with Crippen LogP contribution in [0, 0.1) is 6.92 Å². The van der Waals surface area contributed by atoms with Gasteiger partial charge in [0, 0.05) is 24.5 Å². The summed E-state index contributed by atoms with van der Waals surface area (Å²) in [6, 6.07) is 16.9. The highest BCUT2D eigenvalue weighted by molar-refractivity contribution is 7.12. The van der Waals surface area contributed by atoms with Crippen molar-refractivity contribution in [1.29, 1.82) is 0 Å². The Balaban J connectivity index is 1.55. The van der Waals surface area contributed by atoms with E-state index in [9.17, 15) is 9.59 Å². The smallest absolute Gasteiger partial charge is 0.276 e. The lowest BCUT2D eigenvalue weighted by molar-refractivity contribution is 0.0306. The Morgan fingerprint density at radius 3 is 2.56 bits per heavy atom. The number of thiazole rings is 1. The van der Waals surface area contributed by atoms with Crippen LogP contribution >= 0.6 is 11.3 Å². The summed E-state index contributed by atoms with van der Waals surface area (Å²) in [6.07, 6.45) is 1.41. The topological polar surface area (TPSA) is 131 Å². The predicted molar refractivity (Wildman–Crippen MR) is 138 cm³/mol. The molecule has 0 bridgehead atoms. The molecule has 1 saturated heterocycles. The molecule has 0 saturated carbocycles. The monoisotopic (exact) mass is 503 g/mol. The summed E-state index contributed by atoms with van der Waals surface area (Å²) in [5.41, 5.74) is 9.20. The van der Waals surface area contributed by atoms with Gasteiger partial charge in [0.05, 0.1) is 19.5 Å². The number of H-pyrrole nitrogens is 1. The van der Waals surface area contributed by atoms with E-state index in [1.165, 1.54) is 6.33 Å². The molecule has 2 aromatic carbocycles. The van der Waals surface area contributed by atoms with Gasteiger partial charge >= 0.3 is 0 Å². The van der Waals surface area contributed by atoms with E-state index in [1.54, 1.807) is 9.47 Å². The van der Waals surface area contributed by atoms with E-state index in [2.05, 4.69) is 20.3 Å². The van der Waals surface area contributed by atoms with Crippen LogP contribution < -0.4 is 15.9 Å². The number of nitrogens with one attached hydrogen (secondary N) is 2. The highest BCUT2D eigenvalue weighted by Crippen LogP contribution is 2.24. The fraction of sp³-hybridized carbons (Fsp3) is 0.200. The van der Waals surface area contributed by atoms with Crippen molar-refractivity contribution >= 4 is 40.5 Å². The van der Waals surface area contributed by atoms with Gasteiger partial charge in [-0.25, -0.2) is 4.98 Å². The van der Waals surface area contributed by atoms with Crippen LogP contribution in [0.25, 0.3) is 5.69 Å². The number of imidazole rings is 1. The molecule has 5 rings (SSSR count). The van der Waals surface area contributed by atoms with Crippen molar-refractivity contribution in [2.75, 3.05) is 37.4 Å². The second-order valence-electron chi connectivity index (χ2n) is 8.21. The molecule has 1 fully saturated rings. The van der Waals surface area contributed by atoms with Gasteiger partial charge in [-0.2, -0.15) is 4.99 Å². The number of amides is 2. The molecule has 2 aromatic heterocycles. The molecule has 10 nitrogen and oxygen atoms in total. The molecule has 1 aliphatic heterocycles. The summed E-state index contributed by atoms with van der Waals surface area (Å²) < 4.78 is 7.08. The lowest BCUT2D eigenvalue weighted by Crippen LogP contribution is -2.40. The SMILES string of the molecule is Cc1ccc(NC(=O)c2[nH]cnc2/N=c2\sc(C(=O)N3CCOCC3)c(N)n2-c2ccccc2)cc1. The molecule has 11 heteroatoms. The fourth-order valence-electron chi connectivity index (χ4n) is 3.82. The van der Waals surface area contributed by atoms with Crippen molar-refractivity contribution in [2.24, 2.45) is 4.99 Å². The van der Waals surface area contributed by atoms with Crippen LogP contribution in [-0.2, 0) is 4.74 Å². The number of hydrogen-bond donors (Lipinski definition) is 3. The number of benzene rings is 2. The van der Waals surface area contributed by atoms with Crippen LogP contribution in [0.4, 0.5) is 17.3 Å². The molecule has 0 atom stereocenters. The van der Waals surface area contributed by atoms with Crippen LogP contribution in [0.1, 0.15) is 25.7 Å². The normalized spacial score (nSPS) is 14.1. The Morgan fingerprint density at radius 2 is 1.83 bits per heavy atom. The van der Waals surface area contributed by atoms with Gasteiger partial charge in [-0.15, -0.1) is 0 Å². The number of nitrogens with zero attached hydrogens (tertiary/aromatic N) is 4. The summed E-state index contributed by atoms with van der Waals surface area (Å²) in [5, 5.41) is 2.85. The average molecular weight is 504 g/mol. The zero-order valence-corrected chi connectivity index (χ0v) is 20.4. The van der Waals surface area contributed by atoms with Gasteiger partial charge < -0.3 is 25.7 Å². The molecule has 36 heavy (non-hydrogen) atoms. The van der Waals surface area contributed by atoms with Crippen molar-refractivity contribution in [1.82, 2.24) is 19.4 Å². The third kappa shape index (κ3) is 4.79. The lowest BCUT2D eigenvalue weighted by Gasteiger charge is -2.26. The quantitative estimate of drug-likeness (QED) is 0.385. The van der Waals surface area contributed by atoms with Crippen LogP contribution in [0.5, 0.6) is 0 Å². The number of nitrogens with two attached hydrogens (primary N) is 1. The van der Waals surface area contributed by atoms with E-state index in [1.807, 2.05) is 61.5 Å². The highest BCUT2D eigenvalue weighted by atomic mass is 32.1. The van der Waals surface area contributed by atoms with E-state index in [-0.39, 0.29) is 29.1 Å². The molecule has 0 radical (unpaired) electrons. The number of aromatic nitrogens is 3. The molecular formula is C25H25N7O3S. The fourth-order valence-corrected chi connectivity index (χ4v) is 4.84. The van der Waals surface area contributed by atoms with Gasteiger partial charge in [-0.3, -0.25) is 14.2 Å². The number of morpholine rings is 1. The first-order valence-corrected chi connectivity index (χ1v) is 12.2. The summed E-state index contributed by atoms with van der Waals surface area (Å²) >= 11 is 1.16. The number of rotatable bonds is 5. The van der Waals surface area contributed by atoms with E-state index in [0.717, 1.165) is 22.6 Å².